The summed E-state index contributed by atoms with van der Waals surface area (Å²) in [5.41, 5.74) is 1.05. The highest BCUT2D eigenvalue weighted by Crippen LogP contribution is 2.29. The van der Waals surface area contributed by atoms with Gasteiger partial charge in [-0.05, 0) is 25.6 Å². The zero-order valence-electron chi connectivity index (χ0n) is 12.7. The number of ether oxygens (including phenoxy) is 1. The molecule has 2 N–H and O–H groups in total. The minimum absolute atomic E-state index is 0.192. The molecule has 0 fully saturated rings. The van der Waals surface area contributed by atoms with E-state index in [9.17, 15) is 5.11 Å². The lowest BCUT2D eigenvalue weighted by atomic mass is 9.93. The van der Waals surface area contributed by atoms with Gasteiger partial charge >= 0.3 is 0 Å². The Balaban J connectivity index is 2.54. The van der Waals surface area contributed by atoms with Crippen LogP contribution in [0.15, 0.2) is 18.2 Å². The summed E-state index contributed by atoms with van der Waals surface area (Å²) >= 11 is 0. The predicted octanol–water partition coefficient (Wildman–Crippen LogP) is 2.08. The van der Waals surface area contributed by atoms with Gasteiger partial charge in [0.1, 0.15) is 0 Å². The van der Waals surface area contributed by atoms with Gasteiger partial charge in [0.05, 0.1) is 7.11 Å². The second-order valence-corrected chi connectivity index (χ2v) is 5.97. The van der Waals surface area contributed by atoms with Crippen LogP contribution >= 0.6 is 0 Å². The summed E-state index contributed by atoms with van der Waals surface area (Å²) in [5, 5.41) is 13.4. The van der Waals surface area contributed by atoms with Crippen LogP contribution in [0.3, 0.4) is 0 Å². The van der Waals surface area contributed by atoms with Gasteiger partial charge in [0.15, 0.2) is 11.5 Å². The summed E-state index contributed by atoms with van der Waals surface area (Å²) in [6, 6.07) is 5.55. The Bertz CT molecular complexity index is 403. The van der Waals surface area contributed by atoms with Gasteiger partial charge in [-0.1, -0.05) is 26.0 Å². The van der Waals surface area contributed by atoms with Gasteiger partial charge in [-0.2, -0.15) is 0 Å². The Morgan fingerprint density at radius 1 is 1.32 bits per heavy atom. The quantitative estimate of drug-likeness (QED) is 0.793. The zero-order chi connectivity index (χ0) is 14.5. The molecule has 4 nitrogen and oxygen atoms in total. The van der Waals surface area contributed by atoms with Crippen molar-refractivity contribution < 1.29 is 9.84 Å². The van der Waals surface area contributed by atoms with Crippen LogP contribution in [0, 0.1) is 5.41 Å². The lowest BCUT2D eigenvalue weighted by molar-refractivity contribution is 0.232. The average Bonchev–Trinajstić information content (AvgIpc) is 2.29. The monoisotopic (exact) mass is 266 g/mol. The fourth-order valence-electron chi connectivity index (χ4n) is 2.32. The lowest BCUT2D eigenvalue weighted by Crippen LogP contribution is -2.37. The first-order valence-corrected chi connectivity index (χ1v) is 6.56. The second kappa shape index (κ2) is 6.78. The van der Waals surface area contributed by atoms with E-state index in [1.165, 1.54) is 0 Å². The number of aromatic hydroxyl groups is 1. The zero-order valence-corrected chi connectivity index (χ0v) is 12.7. The van der Waals surface area contributed by atoms with Crippen molar-refractivity contribution in [2.24, 2.45) is 5.41 Å². The fourth-order valence-corrected chi connectivity index (χ4v) is 2.32. The van der Waals surface area contributed by atoms with E-state index < -0.39 is 0 Å². The molecule has 0 aromatic heterocycles. The number of phenolic OH excluding ortho intramolecular Hbond substituents is 1. The van der Waals surface area contributed by atoms with Crippen LogP contribution in [-0.2, 0) is 6.54 Å². The van der Waals surface area contributed by atoms with Crippen LogP contribution in [0.25, 0.3) is 0 Å². The second-order valence-electron chi connectivity index (χ2n) is 5.97. The number of methoxy groups -OCH3 is 1. The highest BCUT2D eigenvalue weighted by atomic mass is 16.5. The van der Waals surface area contributed by atoms with Gasteiger partial charge in [0, 0.05) is 25.2 Å². The van der Waals surface area contributed by atoms with E-state index in [1.54, 1.807) is 13.2 Å². The van der Waals surface area contributed by atoms with Crippen molar-refractivity contribution in [1.29, 1.82) is 0 Å². The Hall–Kier alpha value is -1.26. The van der Waals surface area contributed by atoms with E-state index in [4.69, 9.17) is 4.74 Å². The number of rotatable bonds is 7. The van der Waals surface area contributed by atoms with Gasteiger partial charge in [-0.3, -0.25) is 0 Å². The number of benzene rings is 1. The molecule has 19 heavy (non-hydrogen) atoms. The summed E-state index contributed by atoms with van der Waals surface area (Å²) in [4.78, 5) is 2.19. The molecule has 1 aromatic carbocycles. The van der Waals surface area contributed by atoms with Gasteiger partial charge in [0.25, 0.3) is 0 Å². The lowest BCUT2D eigenvalue weighted by Gasteiger charge is -2.28. The normalized spacial score (nSPS) is 11.9. The molecule has 0 bridgehead atoms. The summed E-state index contributed by atoms with van der Waals surface area (Å²) < 4.78 is 5.10. The van der Waals surface area contributed by atoms with Crippen molar-refractivity contribution in [1.82, 2.24) is 10.2 Å². The van der Waals surface area contributed by atoms with Crippen LogP contribution < -0.4 is 10.1 Å². The van der Waals surface area contributed by atoms with Gasteiger partial charge in [-0.25, -0.2) is 0 Å². The molecular weight excluding hydrogens is 240 g/mol. The first kappa shape index (κ1) is 15.8. The average molecular weight is 266 g/mol. The van der Waals surface area contributed by atoms with Crippen molar-refractivity contribution in [3.8, 4) is 11.5 Å². The smallest absolute Gasteiger partial charge is 0.162 e. The van der Waals surface area contributed by atoms with E-state index >= 15 is 0 Å². The Kier molecular flexibility index (Phi) is 5.63. The summed E-state index contributed by atoms with van der Waals surface area (Å²) in [6.07, 6.45) is 0. The van der Waals surface area contributed by atoms with E-state index in [-0.39, 0.29) is 11.2 Å². The molecule has 0 saturated carbocycles. The van der Waals surface area contributed by atoms with Crippen LogP contribution in [0.1, 0.15) is 19.4 Å². The Labute approximate surface area is 116 Å². The molecule has 0 saturated heterocycles. The van der Waals surface area contributed by atoms with E-state index in [1.807, 2.05) is 12.1 Å². The molecule has 108 valence electrons. The molecule has 0 unspecified atom stereocenters. The van der Waals surface area contributed by atoms with Crippen LogP contribution in [0.2, 0.25) is 0 Å². The standard InChI is InChI=1S/C15H26N2O2/c1-15(2,11-17(3)4)10-16-9-12-7-6-8-13(19-5)14(12)18/h6-8,16,18H,9-11H2,1-5H3. The predicted molar refractivity (Wildman–Crippen MR) is 78.7 cm³/mol. The van der Waals surface area contributed by atoms with E-state index in [2.05, 4.69) is 38.2 Å². The van der Waals surface area contributed by atoms with Crippen molar-refractivity contribution in [3.63, 3.8) is 0 Å². The molecule has 0 heterocycles. The van der Waals surface area contributed by atoms with Crippen molar-refractivity contribution >= 4 is 0 Å². The first-order valence-electron chi connectivity index (χ1n) is 6.56. The molecule has 0 amide bonds. The van der Waals surface area contributed by atoms with Gasteiger partial charge in [-0.15, -0.1) is 0 Å². The van der Waals surface area contributed by atoms with E-state index in [0.717, 1.165) is 18.7 Å². The topological polar surface area (TPSA) is 44.7 Å². The molecule has 0 spiro atoms. The van der Waals surface area contributed by atoms with Crippen LogP contribution in [0.5, 0.6) is 11.5 Å². The fraction of sp³-hybridized carbons (Fsp3) is 0.600. The minimum Gasteiger partial charge on any atom is -0.504 e. The molecule has 0 aliphatic rings. The molecule has 1 rings (SSSR count). The number of hydrogen-bond donors (Lipinski definition) is 2. The number of nitrogens with one attached hydrogen (secondary N) is 1. The number of para-hydroxylation sites is 1. The van der Waals surface area contributed by atoms with E-state index in [0.29, 0.717) is 12.3 Å². The maximum Gasteiger partial charge on any atom is 0.162 e. The Morgan fingerprint density at radius 2 is 2.00 bits per heavy atom. The number of hydrogen-bond acceptors (Lipinski definition) is 4. The molecule has 0 radical (unpaired) electrons. The largest absolute Gasteiger partial charge is 0.504 e. The number of phenols is 1. The maximum atomic E-state index is 9.99. The summed E-state index contributed by atoms with van der Waals surface area (Å²) in [5.74, 6) is 0.745. The molecule has 0 aliphatic heterocycles. The molecule has 0 aliphatic carbocycles. The molecule has 0 atom stereocenters. The van der Waals surface area contributed by atoms with Gasteiger partial charge in [0.2, 0.25) is 0 Å². The summed E-state index contributed by atoms with van der Waals surface area (Å²) in [7, 11) is 5.72. The molecule has 1 aromatic rings. The summed E-state index contributed by atoms with van der Waals surface area (Å²) in [6.45, 7) is 7.00. The van der Waals surface area contributed by atoms with Crippen molar-refractivity contribution in [2.45, 2.75) is 20.4 Å². The third-order valence-corrected chi connectivity index (χ3v) is 2.97. The molecule has 4 heteroatoms. The minimum atomic E-state index is 0.192. The highest BCUT2D eigenvalue weighted by Gasteiger charge is 2.18. The third kappa shape index (κ3) is 5.09. The number of nitrogens with zero attached hydrogens (tertiary/aromatic N) is 1. The maximum absolute atomic E-state index is 9.99. The van der Waals surface area contributed by atoms with Crippen LogP contribution in [-0.4, -0.2) is 44.3 Å². The SMILES string of the molecule is COc1cccc(CNCC(C)(C)CN(C)C)c1O. The molecular formula is C15H26N2O2. The van der Waals surface area contributed by atoms with Gasteiger partial charge < -0.3 is 20.1 Å². The van der Waals surface area contributed by atoms with Crippen molar-refractivity contribution in [3.05, 3.63) is 23.8 Å². The highest BCUT2D eigenvalue weighted by molar-refractivity contribution is 5.45. The van der Waals surface area contributed by atoms with Crippen molar-refractivity contribution in [2.75, 3.05) is 34.3 Å². The first-order chi connectivity index (χ1) is 8.85. The third-order valence-electron chi connectivity index (χ3n) is 2.97. The Morgan fingerprint density at radius 3 is 2.58 bits per heavy atom. The van der Waals surface area contributed by atoms with Crippen LogP contribution in [0.4, 0.5) is 0 Å².